The number of benzene rings is 2. The van der Waals surface area contributed by atoms with E-state index in [0.717, 1.165) is 24.5 Å². The average Bonchev–Trinajstić information content (AvgIpc) is 2.93. The van der Waals surface area contributed by atoms with Crippen LogP contribution >= 0.6 is 0 Å². The molecular weight excluding hydrogens is 372 g/mol. The first kappa shape index (κ1) is 17.6. The number of H-pyrrole nitrogens is 1. The molecule has 0 amide bonds. The van der Waals surface area contributed by atoms with E-state index in [4.69, 9.17) is 0 Å². The van der Waals surface area contributed by atoms with Crippen molar-refractivity contribution in [3.8, 4) is 0 Å². The number of aromatic nitrogens is 1. The minimum atomic E-state index is -3.97. The van der Waals surface area contributed by atoms with Gasteiger partial charge in [0.25, 0.3) is 0 Å². The number of fused-ring (bicyclic) bond motifs is 1. The smallest absolute Gasteiger partial charge is 0.184 e. The molecule has 1 heterocycles. The lowest BCUT2D eigenvalue weighted by atomic mass is 10.2. The van der Waals surface area contributed by atoms with Crippen molar-refractivity contribution < 1.29 is 25.6 Å². The normalized spacial score (nSPS) is 12.6. The van der Waals surface area contributed by atoms with E-state index in [9.17, 15) is 25.6 Å². The van der Waals surface area contributed by atoms with Crippen molar-refractivity contribution in [2.75, 3.05) is 6.26 Å². The van der Waals surface area contributed by atoms with Crippen molar-refractivity contribution >= 4 is 30.6 Å². The Morgan fingerprint density at radius 3 is 2.40 bits per heavy atom. The summed E-state index contributed by atoms with van der Waals surface area (Å²) in [6.45, 7) is 0. The Morgan fingerprint density at radius 2 is 1.72 bits per heavy atom. The van der Waals surface area contributed by atoms with Crippen LogP contribution < -0.4 is 0 Å². The van der Waals surface area contributed by atoms with Gasteiger partial charge in [-0.25, -0.2) is 25.6 Å². The van der Waals surface area contributed by atoms with E-state index in [-0.39, 0.29) is 20.7 Å². The Bertz CT molecular complexity index is 1180. The second kappa shape index (κ2) is 5.92. The molecule has 1 aromatic heterocycles. The van der Waals surface area contributed by atoms with Gasteiger partial charge in [-0.2, -0.15) is 0 Å². The lowest BCUT2D eigenvalue weighted by molar-refractivity contribution is 0.579. The Hall–Kier alpha value is -2.26. The SMILES string of the molecule is CS(=O)(=O)c1ccc2c(S(=O)(=O)Cc3cc(F)ccc3F)c[nH]c2c1. The molecule has 0 fully saturated rings. The van der Waals surface area contributed by atoms with Gasteiger partial charge in [-0.05, 0) is 30.3 Å². The molecule has 0 aliphatic rings. The highest BCUT2D eigenvalue weighted by molar-refractivity contribution is 7.91. The maximum absolute atomic E-state index is 13.7. The number of hydrogen-bond acceptors (Lipinski definition) is 4. The quantitative estimate of drug-likeness (QED) is 0.749. The fourth-order valence-corrected chi connectivity index (χ4v) is 4.69. The van der Waals surface area contributed by atoms with E-state index in [2.05, 4.69) is 4.98 Å². The maximum atomic E-state index is 13.7. The maximum Gasteiger partial charge on any atom is 0.184 e. The predicted molar refractivity (Wildman–Crippen MR) is 88.7 cm³/mol. The molecule has 0 aliphatic carbocycles. The van der Waals surface area contributed by atoms with Crippen molar-refractivity contribution in [2.45, 2.75) is 15.5 Å². The van der Waals surface area contributed by atoms with Gasteiger partial charge in [0.05, 0.1) is 15.5 Å². The first-order valence-electron chi connectivity index (χ1n) is 7.06. The summed E-state index contributed by atoms with van der Waals surface area (Å²) in [5.41, 5.74) is 0.0447. The minimum absolute atomic E-state index is 0.0435. The number of aromatic amines is 1. The van der Waals surface area contributed by atoms with Crippen LogP contribution in [-0.2, 0) is 25.4 Å². The van der Waals surface area contributed by atoms with E-state index in [1.807, 2.05) is 0 Å². The third-order valence-corrected chi connectivity index (χ3v) is 6.54. The third kappa shape index (κ3) is 3.42. The van der Waals surface area contributed by atoms with Gasteiger partial charge in [0.1, 0.15) is 11.6 Å². The fourth-order valence-electron chi connectivity index (χ4n) is 2.50. The molecule has 132 valence electrons. The molecule has 0 atom stereocenters. The molecule has 9 heteroatoms. The van der Waals surface area contributed by atoms with Crippen LogP contribution in [0.2, 0.25) is 0 Å². The van der Waals surface area contributed by atoms with Crippen molar-refractivity contribution in [1.29, 1.82) is 0 Å². The summed E-state index contributed by atoms with van der Waals surface area (Å²) in [6.07, 6.45) is 2.25. The third-order valence-electron chi connectivity index (χ3n) is 3.73. The summed E-state index contributed by atoms with van der Waals surface area (Å²) in [4.78, 5) is 2.65. The van der Waals surface area contributed by atoms with Crippen molar-refractivity contribution in [3.63, 3.8) is 0 Å². The van der Waals surface area contributed by atoms with E-state index in [1.54, 1.807) is 0 Å². The molecule has 2 aromatic carbocycles. The van der Waals surface area contributed by atoms with Crippen LogP contribution in [-0.4, -0.2) is 28.1 Å². The van der Waals surface area contributed by atoms with Gasteiger partial charge in [-0.1, -0.05) is 6.07 Å². The molecule has 0 spiro atoms. The lowest BCUT2D eigenvalue weighted by Gasteiger charge is -2.05. The van der Waals surface area contributed by atoms with Crippen molar-refractivity contribution in [1.82, 2.24) is 4.98 Å². The molecule has 1 N–H and O–H groups in total. The number of nitrogens with one attached hydrogen (secondary N) is 1. The molecule has 3 rings (SSSR count). The lowest BCUT2D eigenvalue weighted by Crippen LogP contribution is -2.06. The molecule has 5 nitrogen and oxygen atoms in total. The highest BCUT2D eigenvalue weighted by atomic mass is 32.2. The van der Waals surface area contributed by atoms with Gasteiger partial charge in [0.2, 0.25) is 0 Å². The second-order valence-electron chi connectivity index (χ2n) is 5.63. The van der Waals surface area contributed by atoms with Gasteiger partial charge in [-0.15, -0.1) is 0 Å². The summed E-state index contributed by atoms with van der Waals surface area (Å²) in [5, 5.41) is 0.282. The van der Waals surface area contributed by atoms with E-state index < -0.39 is 37.1 Å². The Kier molecular flexibility index (Phi) is 4.16. The molecule has 0 aliphatic heterocycles. The van der Waals surface area contributed by atoms with Crippen molar-refractivity contribution in [2.24, 2.45) is 0 Å². The van der Waals surface area contributed by atoms with Crippen LogP contribution in [0.25, 0.3) is 10.9 Å². The monoisotopic (exact) mass is 385 g/mol. The molecule has 0 bridgehead atoms. The average molecular weight is 385 g/mol. The molecule has 0 unspecified atom stereocenters. The van der Waals surface area contributed by atoms with Crippen LogP contribution in [0.5, 0.6) is 0 Å². The largest absolute Gasteiger partial charge is 0.360 e. The number of rotatable bonds is 4. The Balaban J connectivity index is 2.07. The Labute approximate surface area is 143 Å². The topological polar surface area (TPSA) is 84.1 Å². The van der Waals surface area contributed by atoms with Crippen LogP contribution in [0, 0.1) is 11.6 Å². The highest BCUT2D eigenvalue weighted by Gasteiger charge is 2.22. The predicted octanol–water partition coefficient (Wildman–Crippen LogP) is 2.82. The zero-order valence-electron chi connectivity index (χ0n) is 13.0. The number of hydrogen-bond donors (Lipinski definition) is 1. The van der Waals surface area contributed by atoms with E-state index in [1.165, 1.54) is 24.4 Å². The molecule has 0 saturated carbocycles. The summed E-state index contributed by atoms with van der Waals surface area (Å²) < 4.78 is 75.3. The van der Waals surface area contributed by atoms with Crippen LogP contribution in [0.4, 0.5) is 8.78 Å². The minimum Gasteiger partial charge on any atom is -0.360 e. The molecule has 3 aromatic rings. The number of halogens is 2. The summed E-state index contributed by atoms with van der Waals surface area (Å²) in [5.74, 6) is -2.26. The van der Waals surface area contributed by atoms with Crippen LogP contribution in [0.15, 0.2) is 52.4 Å². The summed E-state index contributed by atoms with van der Waals surface area (Å²) >= 11 is 0. The second-order valence-corrected chi connectivity index (χ2v) is 9.60. The van der Waals surface area contributed by atoms with E-state index >= 15 is 0 Å². The zero-order valence-corrected chi connectivity index (χ0v) is 14.6. The molecule has 0 radical (unpaired) electrons. The van der Waals surface area contributed by atoms with E-state index in [0.29, 0.717) is 5.52 Å². The van der Waals surface area contributed by atoms with Crippen LogP contribution in [0.1, 0.15) is 5.56 Å². The highest BCUT2D eigenvalue weighted by Crippen LogP contribution is 2.28. The van der Waals surface area contributed by atoms with Gasteiger partial charge in [0.15, 0.2) is 19.7 Å². The summed E-state index contributed by atoms with van der Waals surface area (Å²) in [6, 6.07) is 6.61. The van der Waals surface area contributed by atoms with Crippen LogP contribution in [0.3, 0.4) is 0 Å². The fraction of sp³-hybridized carbons (Fsp3) is 0.125. The number of sulfone groups is 2. The first-order valence-corrected chi connectivity index (χ1v) is 10.6. The van der Waals surface area contributed by atoms with Gasteiger partial charge >= 0.3 is 0 Å². The van der Waals surface area contributed by atoms with Crippen molar-refractivity contribution in [3.05, 3.63) is 59.8 Å². The standard InChI is InChI=1S/C16H13F2NO4S2/c1-24(20,21)12-3-4-13-15(7-12)19-8-16(13)25(22,23)9-10-6-11(17)2-5-14(10)18/h2-8,19H,9H2,1H3. The Morgan fingerprint density at radius 1 is 1.00 bits per heavy atom. The van der Waals surface area contributed by atoms with Gasteiger partial charge in [0, 0.05) is 28.9 Å². The van der Waals surface area contributed by atoms with Gasteiger partial charge in [-0.3, -0.25) is 0 Å². The van der Waals surface area contributed by atoms with Gasteiger partial charge < -0.3 is 4.98 Å². The first-order chi connectivity index (χ1) is 11.6. The molecule has 25 heavy (non-hydrogen) atoms. The zero-order chi connectivity index (χ0) is 18.4. The summed E-state index contributed by atoms with van der Waals surface area (Å²) in [7, 11) is -7.41. The molecular formula is C16H13F2NO4S2. The molecule has 0 saturated heterocycles.